The minimum Gasteiger partial charge on any atom is -0.375 e. The van der Waals surface area contributed by atoms with Crippen molar-refractivity contribution in [1.82, 2.24) is 4.98 Å². The molecule has 0 saturated carbocycles. The number of thiazole rings is 1. The monoisotopic (exact) mass is 316 g/mol. The fourth-order valence-electron chi connectivity index (χ4n) is 1.86. The van der Waals surface area contributed by atoms with Gasteiger partial charge < -0.3 is 5.73 Å². The Balaban J connectivity index is 1.75. The van der Waals surface area contributed by atoms with Crippen molar-refractivity contribution in [2.45, 2.75) is 13.3 Å². The minimum atomic E-state index is 0.148. The summed E-state index contributed by atoms with van der Waals surface area (Å²) in [4.78, 5) is 16.1. The van der Waals surface area contributed by atoms with Crippen molar-refractivity contribution in [3.05, 3.63) is 35.9 Å². The van der Waals surface area contributed by atoms with E-state index in [9.17, 15) is 4.79 Å². The molecule has 0 atom stereocenters. The zero-order valence-electron chi connectivity index (χ0n) is 11.2. The quantitative estimate of drug-likeness (QED) is 0.720. The van der Waals surface area contributed by atoms with Crippen molar-refractivity contribution in [2.24, 2.45) is 10.2 Å². The van der Waals surface area contributed by atoms with E-state index in [2.05, 4.69) is 15.2 Å². The lowest BCUT2D eigenvalue weighted by Gasteiger charge is -1.97. The van der Waals surface area contributed by atoms with Crippen LogP contribution in [0.25, 0.3) is 9.53 Å². The molecular weight excluding hydrogens is 304 g/mol. The highest BCUT2D eigenvalue weighted by atomic mass is 32.1. The van der Waals surface area contributed by atoms with E-state index in [1.807, 2.05) is 30.3 Å². The fourth-order valence-corrected chi connectivity index (χ4v) is 3.67. The number of nitrogens with zero attached hydrogens (tertiary/aromatic N) is 3. The van der Waals surface area contributed by atoms with Crippen molar-refractivity contribution in [3.63, 3.8) is 0 Å². The van der Waals surface area contributed by atoms with E-state index in [0.717, 1.165) is 25.8 Å². The number of Topliss-reactive ketones (excluding diaryl/α,β-unsaturated/α-hetero) is 1. The molecule has 0 aliphatic carbocycles. The summed E-state index contributed by atoms with van der Waals surface area (Å²) in [5.74, 6) is 0.148. The molecule has 5 nitrogen and oxygen atoms in total. The van der Waals surface area contributed by atoms with E-state index in [1.54, 1.807) is 6.92 Å². The Morgan fingerprint density at radius 2 is 2.00 bits per heavy atom. The zero-order chi connectivity index (χ0) is 14.8. The Kier molecular flexibility index (Phi) is 3.76. The Hall–Kier alpha value is -2.12. The summed E-state index contributed by atoms with van der Waals surface area (Å²) >= 11 is 2.91. The number of nitrogens with two attached hydrogens (primary N) is 1. The summed E-state index contributed by atoms with van der Waals surface area (Å²) < 4.78 is 1.03. The number of ketones is 1. The van der Waals surface area contributed by atoms with Crippen LogP contribution in [0.3, 0.4) is 0 Å². The molecule has 0 saturated heterocycles. The van der Waals surface area contributed by atoms with Crippen LogP contribution in [0.1, 0.15) is 12.5 Å². The molecular formula is C14H12N4OS2. The van der Waals surface area contributed by atoms with Crippen molar-refractivity contribution >= 4 is 53.8 Å². The van der Waals surface area contributed by atoms with Crippen LogP contribution in [0.5, 0.6) is 0 Å². The van der Waals surface area contributed by atoms with E-state index in [-0.39, 0.29) is 5.78 Å². The zero-order valence-corrected chi connectivity index (χ0v) is 12.9. The van der Waals surface area contributed by atoms with E-state index >= 15 is 0 Å². The van der Waals surface area contributed by atoms with Gasteiger partial charge in [-0.15, -0.1) is 10.2 Å². The first-order valence-corrected chi connectivity index (χ1v) is 7.89. The number of anilines is 1. The van der Waals surface area contributed by atoms with Crippen molar-refractivity contribution in [1.29, 1.82) is 0 Å². The number of benzene rings is 1. The summed E-state index contributed by atoms with van der Waals surface area (Å²) in [5, 5.41) is 9.77. The standard InChI is InChI=1S/C14H12N4OS2/c1-8(19)6-9-2-4-10(5-3-9)17-18-12-7-11-13(21-12)16-14(15)20-11/h2-5,7H,6H2,1H3,(H2,15,16). The molecule has 0 bridgehead atoms. The maximum absolute atomic E-state index is 11.0. The van der Waals surface area contributed by atoms with Crippen LogP contribution in [-0.2, 0) is 11.2 Å². The van der Waals surface area contributed by atoms with Gasteiger partial charge in [-0.1, -0.05) is 34.8 Å². The van der Waals surface area contributed by atoms with Crippen LogP contribution in [-0.4, -0.2) is 10.8 Å². The second-order valence-electron chi connectivity index (χ2n) is 4.55. The van der Waals surface area contributed by atoms with Crippen LogP contribution in [0, 0.1) is 0 Å². The third-order valence-electron chi connectivity index (χ3n) is 2.75. The van der Waals surface area contributed by atoms with Gasteiger partial charge in [0.2, 0.25) is 0 Å². The Labute approximate surface area is 129 Å². The molecule has 0 unspecified atom stereocenters. The van der Waals surface area contributed by atoms with Gasteiger partial charge in [-0.25, -0.2) is 4.98 Å². The van der Waals surface area contributed by atoms with Gasteiger partial charge in [0.25, 0.3) is 0 Å². The number of carbonyl (C=O) groups excluding carboxylic acids is 1. The van der Waals surface area contributed by atoms with Gasteiger partial charge in [0.05, 0.1) is 10.4 Å². The lowest BCUT2D eigenvalue weighted by Crippen LogP contribution is -1.94. The number of rotatable bonds is 4. The highest BCUT2D eigenvalue weighted by Gasteiger charge is 2.06. The van der Waals surface area contributed by atoms with Gasteiger partial charge in [-0.3, -0.25) is 4.79 Å². The van der Waals surface area contributed by atoms with E-state index in [4.69, 9.17) is 5.73 Å². The summed E-state index contributed by atoms with van der Waals surface area (Å²) in [5.41, 5.74) is 7.37. The smallest absolute Gasteiger partial charge is 0.181 e. The van der Waals surface area contributed by atoms with Crippen LogP contribution in [0.15, 0.2) is 40.6 Å². The topological polar surface area (TPSA) is 80.7 Å². The second kappa shape index (κ2) is 5.71. The molecule has 0 spiro atoms. The van der Waals surface area contributed by atoms with E-state index in [0.29, 0.717) is 11.6 Å². The Morgan fingerprint density at radius 1 is 1.24 bits per heavy atom. The Bertz CT molecular complexity index is 786. The predicted octanol–water partition coefficient (Wildman–Crippen LogP) is 4.49. The van der Waals surface area contributed by atoms with Crippen molar-refractivity contribution in [2.75, 3.05) is 5.73 Å². The maximum atomic E-state index is 11.0. The summed E-state index contributed by atoms with van der Waals surface area (Å²) in [6, 6.07) is 9.43. The average molecular weight is 316 g/mol. The highest BCUT2D eigenvalue weighted by Crippen LogP contribution is 2.36. The first-order valence-electron chi connectivity index (χ1n) is 6.26. The van der Waals surface area contributed by atoms with Gasteiger partial charge >= 0.3 is 0 Å². The largest absolute Gasteiger partial charge is 0.375 e. The second-order valence-corrected chi connectivity index (χ2v) is 6.62. The lowest BCUT2D eigenvalue weighted by molar-refractivity contribution is -0.116. The fraction of sp³-hybridized carbons (Fsp3) is 0.143. The molecule has 0 fully saturated rings. The number of hydrogen-bond donors (Lipinski definition) is 1. The molecule has 3 rings (SSSR count). The molecule has 0 amide bonds. The van der Waals surface area contributed by atoms with Gasteiger partial charge in [-0.2, -0.15) is 0 Å². The molecule has 1 aromatic carbocycles. The summed E-state index contributed by atoms with van der Waals surface area (Å²) in [6.07, 6.45) is 0.450. The molecule has 2 aromatic heterocycles. The van der Waals surface area contributed by atoms with E-state index < -0.39 is 0 Å². The number of fused-ring (bicyclic) bond motifs is 1. The number of thiophene rings is 1. The molecule has 21 heavy (non-hydrogen) atoms. The third kappa shape index (κ3) is 3.32. The number of aromatic nitrogens is 1. The van der Waals surface area contributed by atoms with Crippen LogP contribution < -0.4 is 5.73 Å². The molecule has 0 aliphatic heterocycles. The molecule has 2 N–H and O–H groups in total. The average Bonchev–Trinajstić information content (AvgIpc) is 2.94. The first kappa shape index (κ1) is 13.8. The summed E-state index contributed by atoms with van der Waals surface area (Å²) in [6.45, 7) is 1.58. The lowest BCUT2D eigenvalue weighted by atomic mass is 10.1. The van der Waals surface area contributed by atoms with Gasteiger partial charge in [0.15, 0.2) is 5.13 Å². The van der Waals surface area contributed by atoms with Crippen LogP contribution >= 0.6 is 22.7 Å². The Morgan fingerprint density at radius 3 is 2.67 bits per heavy atom. The number of carbonyl (C=O) groups is 1. The maximum Gasteiger partial charge on any atom is 0.181 e. The molecule has 106 valence electrons. The summed E-state index contributed by atoms with van der Waals surface area (Å²) in [7, 11) is 0. The predicted molar refractivity (Wildman–Crippen MR) is 86.9 cm³/mol. The van der Waals surface area contributed by atoms with E-state index in [1.165, 1.54) is 22.7 Å². The molecule has 3 aromatic rings. The molecule has 0 radical (unpaired) electrons. The third-order valence-corrected chi connectivity index (χ3v) is 4.62. The van der Waals surface area contributed by atoms with Gasteiger partial charge in [-0.05, 0) is 30.7 Å². The first-order chi connectivity index (χ1) is 10.1. The molecule has 7 heteroatoms. The SMILES string of the molecule is CC(=O)Cc1ccc(N=Nc2cc3sc(N)nc3s2)cc1. The number of azo groups is 1. The molecule has 2 heterocycles. The van der Waals surface area contributed by atoms with Gasteiger partial charge in [0, 0.05) is 6.42 Å². The molecule has 0 aliphatic rings. The van der Waals surface area contributed by atoms with Gasteiger partial charge in [0.1, 0.15) is 15.6 Å². The number of nitrogen functional groups attached to an aromatic ring is 1. The number of hydrogen-bond acceptors (Lipinski definition) is 7. The van der Waals surface area contributed by atoms with Crippen LogP contribution in [0.2, 0.25) is 0 Å². The normalized spacial score (nSPS) is 11.5. The minimum absolute atomic E-state index is 0.148. The van der Waals surface area contributed by atoms with Crippen molar-refractivity contribution < 1.29 is 4.79 Å². The highest BCUT2D eigenvalue weighted by molar-refractivity contribution is 7.30. The van der Waals surface area contributed by atoms with Crippen molar-refractivity contribution in [3.8, 4) is 0 Å². The van der Waals surface area contributed by atoms with Crippen LogP contribution in [0.4, 0.5) is 15.8 Å².